The maximum atomic E-state index is 13.0. The van der Waals surface area contributed by atoms with Gasteiger partial charge in [0.1, 0.15) is 0 Å². The molecule has 4 aliphatic carbocycles. The smallest absolute Gasteiger partial charge is 0.214 e. The van der Waals surface area contributed by atoms with E-state index in [1.54, 1.807) is 0 Å². The van der Waals surface area contributed by atoms with Gasteiger partial charge in [0.2, 0.25) is 10.0 Å². The molecule has 0 unspecified atom stereocenters. The van der Waals surface area contributed by atoms with E-state index < -0.39 is 15.6 Å². The summed E-state index contributed by atoms with van der Waals surface area (Å²) in [7, 11) is -3.59. The minimum atomic E-state index is -3.59. The Morgan fingerprint density at radius 1 is 0.975 bits per heavy atom. The molecule has 0 heterocycles. The molecule has 0 radical (unpaired) electrons. The number of benzene rings is 1. The van der Waals surface area contributed by atoms with Crippen molar-refractivity contribution in [2.45, 2.75) is 117 Å². The third-order valence-electron chi connectivity index (χ3n) is 12.3. The number of nitrogens with one attached hydrogen (secondary N) is 1. The van der Waals surface area contributed by atoms with Crippen molar-refractivity contribution in [3.63, 3.8) is 0 Å². The van der Waals surface area contributed by atoms with Gasteiger partial charge in [0, 0.05) is 6.54 Å². The molecule has 2 N–H and O–H groups in total. The lowest BCUT2D eigenvalue weighted by atomic mass is 9.46. The Morgan fingerprint density at radius 2 is 1.73 bits per heavy atom. The highest BCUT2D eigenvalue weighted by Gasteiger charge is 2.60. The lowest BCUT2D eigenvalue weighted by molar-refractivity contribution is -0.0699. The first-order valence-electron chi connectivity index (χ1n) is 16.3. The molecule has 8 atom stereocenters. The molecule has 1 aromatic carbocycles. The highest BCUT2D eigenvalue weighted by Crippen LogP contribution is 2.67. The zero-order chi connectivity index (χ0) is 28.8. The number of fused-ring (bicyclic) bond motifs is 5. The Morgan fingerprint density at radius 3 is 2.45 bits per heavy atom. The van der Waals surface area contributed by atoms with Gasteiger partial charge >= 0.3 is 0 Å². The number of hydrogen-bond donors (Lipinski definition) is 2. The SMILES string of the molecule is CC(C)CCC[C@@H](C)[C@H]1CC[C@H]2[C@@H]3CC=C4C[C@](O)(CS(=O)(=O)NCc5ccccc5)CC[C@]4(C)[C@H]3CC[C@]12C. The largest absolute Gasteiger partial charge is 0.388 e. The van der Waals surface area contributed by atoms with E-state index in [1.807, 2.05) is 30.3 Å². The standard InChI is InChI=1S/C35H55NO3S/c1-25(2)10-9-11-26(3)30-16-17-31-29-15-14-28-22-35(37,21-20-33(28,4)32(29)18-19-34(30,31)5)24-40(38,39)36-23-27-12-7-6-8-13-27/h6-8,12-14,25-26,29-32,36-37H,9-11,15-24H2,1-5H3/t26-,29+,30-,31+,32+,33+,34-,35+/m1/s1. The van der Waals surface area contributed by atoms with Crippen LogP contribution in [-0.4, -0.2) is 24.9 Å². The van der Waals surface area contributed by atoms with Crippen LogP contribution in [0.5, 0.6) is 0 Å². The Balaban J connectivity index is 1.25. The maximum absolute atomic E-state index is 13.0. The summed E-state index contributed by atoms with van der Waals surface area (Å²) in [5.41, 5.74) is 1.64. The molecule has 0 aromatic heterocycles. The number of rotatable bonds is 10. The number of sulfonamides is 1. The molecular weight excluding hydrogens is 514 g/mol. The highest BCUT2D eigenvalue weighted by molar-refractivity contribution is 7.89. The van der Waals surface area contributed by atoms with E-state index >= 15 is 0 Å². The molecule has 0 amide bonds. The van der Waals surface area contributed by atoms with E-state index in [2.05, 4.69) is 45.4 Å². The number of aliphatic hydroxyl groups is 1. The molecule has 40 heavy (non-hydrogen) atoms. The fraction of sp³-hybridized carbons (Fsp3) is 0.771. The van der Waals surface area contributed by atoms with Crippen LogP contribution in [0.1, 0.15) is 111 Å². The monoisotopic (exact) mass is 569 g/mol. The number of allylic oxidation sites excluding steroid dienone is 1. The van der Waals surface area contributed by atoms with E-state index in [4.69, 9.17) is 0 Å². The van der Waals surface area contributed by atoms with Gasteiger partial charge in [0.25, 0.3) is 0 Å². The predicted octanol–water partition coefficient (Wildman–Crippen LogP) is 7.88. The van der Waals surface area contributed by atoms with Gasteiger partial charge in [-0.25, -0.2) is 13.1 Å². The van der Waals surface area contributed by atoms with Gasteiger partial charge in [-0.1, -0.05) is 95.9 Å². The van der Waals surface area contributed by atoms with Crippen molar-refractivity contribution in [3.05, 3.63) is 47.5 Å². The molecular formula is C35H55NO3S. The molecule has 0 spiro atoms. The molecule has 3 saturated carbocycles. The maximum Gasteiger partial charge on any atom is 0.214 e. The normalized spacial score (nSPS) is 38.3. The van der Waals surface area contributed by atoms with Crippen LogP contribution in [0.2, 0.25) is 0 Å². The first kappa shape index (κ1) is 30.3. The van der Waals surface area contributed by atoms with E-state index in [0.717, 1.165) is 48.0 Å². The molecule has 5 heteroatoms. The zero-order valence-electron chi connectivity index (χ0n) is 25.8. The van der Waals surface area contributed by atoms with Crippen LogP contribution in [-0.2, 0) is 16.6 Å². The fourth-order valence-electron chi connectivity index (χ4n) is 10.1. The quantitative estimate of drug-likeness (QED) is 0.282. The summed E-state index contributed by atoms with van der Waals surface area (Å²) < 4.78 is 28.7. The molecule has 5 rings (SSSR count). The second-order valence-electron chi connectivity index (χ2n) is 15.3. The lowest BCUT2D eigenvalue weighted by Gasteiger charge is -2.59. The summed E-state index contributed by atoms with van der Waals surface area (Å²) in [4.78, 5) is 0. The number of hydrogen-bond acceptors (Lipinski definition) is 3. The second-order valence-corrected chi connectivity index (χ2v) is 17.1. The van der Waals surface area contributed by atoms with E-state index in [0.29, 0.717) is 24.2 Å². The fourth-order valence-corrected chi connectivity index (χ4v) is 11.5. The summed E-state index contributed by atoms with van der Waals surface area (Å²) in [6.07, 6.45) is 15.0. The van der Waals surface area contributed by atoms with Crippen molar-refractivity contribution in [1.82, 2.24) is 4.72 Å². The molecule has 0 bridgehead atoms. The minimum absolute atomic E-state index is 0.0959. The average molecular weight is 570 g/mol. The second kappa shape index (κ2) is 11.5. The van der Waals surface area contributed by atoms with Crippen LogP contribution < -0.4 is 4.72 Å². The Labute approximate surface area is 244 Å². The summed E-state index contributed by atoms with van der Waals surface area (Å²) in [5, 5.41) is 11.6. The molecule has 3 fully saturated rings. The zero-order valence-corrected chi connectivity index (χ0v) is 26.6. The van der Waals surface area contributed by atoms with E-state index in [1.165, 1.54) is 50.5 Å². The molecule has 0 saturated heterocycles. The van der Waals surface area contributed by atoms with Gasteiger partial charge in [-0.3, -0.25) is 0 Å². The van der Waals surface area contributed by atoms with Crippen molar-refractivity contribution >= 4 is 10.0 Å². The lowest BCUT2D eigenvalue weighted by Crippen LogP contribution is -2.54. The van der Waals surface area contributed by atoms with Gasteiger partial charge < -0.3 is 5.11 Å². The Hall–Kier alpha value is -1.17. The topological polar surface area (TPSA) is 66.4 Å². The summed E-state index contributed by atoms with van der Waals surface area (Å²) in [5.74, 6) is 4.47. The van der Waals surface area contributed by atoms with Crippen LogP contribution in [0.15, 0.2) is 42.0 Å². The third-order valence-corrected chi connectivity index (χ3v) is 13.8. The Bertz CT molecular complexity index is 1160. The first-order chi connectivity index (χ1) is 18.9. The third kappa shape index (κ3) is 5.99. The molecule has 224 valence electrons. The molecule has 1 aromatic rings. The van der Waals surface area contributed by atoms with Crippen molar-refractivity contribution in [3.8, 4) is 0 Å². The van der Waals surface area contributed by atoms with Crippen molar-refractivity contribution in [2.24, 2.45) is 46.3 Å². The summed E-state index contributed by atoms with van der Waals surface area (Å²) >= 11 is 0. The van der Waals surface area contributed by atoms with Gasteiger partial charge in [-0.15, -0.1) is 0 Å². The Kier molecular flexibility index (Phi) is 8.70. The van der Waals surface area contributed by atoms with Crippen molar-refractivity contribution < 1.29 is 13.5 Å². The van der Waals surface area contributed by atoms with Crippen LogP contribution in [0.25, 0.3) is 0 Å². The van der Waals surface area contributed by atoms with Gasteiger partial charge in [0.15, 0.2) is 0 Å². The van der Waals surface area contributed by atoms with Crippen molar-refractivity contribution in [1.29, 1.82) is 0 Å². The molecule has 4 nitrogen and oxygen atoms in total. The summed E-state index contributed by atoms with van der Waals surface area (Å²) in [6, 6.07) is 9.59. The van der Waals surface area contributed by atoms with E-state index in [9.17, 15) is 13.5 Å². The van der Waals surface area contributed by atoms with Gasteiger partial charge in [0.05, 0.1) is 11.4 Å². The first-order valence-corrected chi connectivity index (χ1v) is 17.9. The van der Waals surface area contributed by atoms with Crippen LogP contribution >= 0.6 is 0 Å². The minimum Gasteiger partial charge on any atom is -0.388 e. The van der Waals surface area contributed by atoms with Crippen LogP contribution in [0, 0.1) is 46.3 Å². The molecule has 0 aliphatic heterocycles. The average Bonchev–Trinajstić information content (AvgIpc) is 3.25. The van der Waals surface area contributed by atoms with Crippen LogP contribution in [0.4, 0.5) is 0 Å². The summed E-state index contributed by atoms with van der Waals surface area (Å²) in [6.45, 7) is 12.6. The molecule has 4 aliphatic rings. The van der Waals surface area contributed by atoms with Crippen molar-refractivity contribution in [2.75, 3.05) is 5.75 Å². The van der Waals surface area contributed by atoms with Crippen LogP contribution in [0.3, 0.4) is 0 Å². The van der Waals surface area contributed by atoms with Gasteiger partial charge in [-0.2, -0.15) is 0 Å². The van der Waals surface area contributed by atoms with Gasteiger partial charge in [-0.05, 0) is 103 Å². The van der Waals surface area contributed by atoms with E-state index in [-0.39, 0.29) is 17.7 Å². The highest BCUT2D eigenvalue weighted by atomic mass is 32.2. The predicted molar refractivity (Wildman–Crippen MR) is 165 cm³/mol.